The van der Waals surface area contributed by atoms with Gasteiger partial charge in [-0.25, -0.2) is 0 Å². The van der Waals surface area contributed by atoms with E-state index in [1.165, 1.54) is 88.8 Å². The third kappa shape index (κ3) is 6.86. The Morgan fingerprint density at radius 3 is 1.61 bits per heavy atom. The van der Waals surface area contributed by atoms with E-state index in [0.29, 0.717) is 11.6 Å². The molecule has 4 aliphatic carbocycles. The maximum atomic E-state index is 4.10. The van der Waals surface area contributed by atoms with Crippen LogP contribution in [0.1, 0.15) is 74.8 Å². The van der Waals surface area contributed by atoms with Gasteiger partial charge in [0.25, 0.3) is 0 Å². The molecule has 8 nitrogen and oxygen atoms in total. The first-order chi connectivity index (χ1) is 29.2. The molecule has 0 aliphatic heterocycles. The number of benzene rings is 4. The molecule has 0 atom stereocenters. The molecule has 4 heterocycles. The van der Waals surface area contributed by atoms with Crippen molar-refractivity contribution in [2.75, 3.05) is 0 Å². The average Bonchev–Trinajstić information content (AvgIpc) is 3.92. The number of imidazole rings is 2. The van der Waals surface area contributed by atoms with Crippen molar-refractivity contribution in [3.8, 4) is 22.9 Å². The van der Waals surface area contributed by atoms with E-state index in [-0.39, 0.29) is 20.1 Å². The largest absolute Gasteiger partial charge is 0.421 e. The van der Waals surface area contributed by atoms with Gasteiger partial charge in [-0.3, -0.25) is 10.1 Å². The van der Waals surface area contributed by atoms with Crippen molar-refractivity contribution in [1.29, 1.82) is 0 Å². The fraction of sp³-hybridized carbons (Fsp3) is 0.212. The van der Waals surface area contributed by atoms with Gasteiger partial charge in [0.15, 0.2) is 0 Å². The Kier molecular flexibility index (Phi) is 10.5. The summed E-state index contributed by atoms with van der Waals surface area (Å²) in [6, 6.07) is 26.0. The van der Waals surface area contributed by atoms with Crippen LogP contribution in [0.2, 0.25) is 0 Å². The Bertz CT molecular complexity index is 2990. The summed E-state index contributed by atoms with van der Waals surface area (Å²) in [5.74, 6) is 1.27. The van der Waals surface area contributed by atoms with Gasteiger partial charge >= 0.3 is 0 Å². The minimum absolute atomic E-state index is 0. The van der Waals surface area contributed by atoms with Crippen molar-refractivity contribution < 1.29 is 29.2 Å². The summed E-state index contributed by atoms with van der Waals surface area (Å²) in [5.41, 5.74) is 19.1. The topological polar surface area (TPSA) is 70.4 Å². The smallest absolute Gasteiger partial charge is 0.241 e. The van der Waals surface area contributed by atoms with Crippen molar-refractivity contribution in [3.63, 3.8) is 0 Å². The van der Waals surface area contributed by atoms with Gasteiger partial charge in [-0.05, 0) is 98.8 Å². The molecule has 4 aromatic heterocycles. The van der Waals surface area contributed by atoms with Crippen LogP contribution in [-0.2, 0) is 47.0 Å². The van der Waals surface area contributed by atoms with Gasteiger partial charge < -0.3 is 28.4 Å². The Morgan fingerprint density at radius 1 is 0.656 bits per heavy atom. The van der Waals surface area contributed by atoms with Crippen LogP contribution in [0.15, 0.2) is 85.1 Å². The number of hydrogen-bond donors (Lipinski definition) is 0. The Morgan fingerprint density at radius 2 is 1.18 bits per heavy atom. The monoisotopic (exact) mass is 974 g/mol. The Labute approximate surface area is 370 Å². The van der Waals surface area contributed by atoms with Crippen molar-refractivity contribution in [1.82, 2.24) is 29.3 Å². The van der Waals surface area contributed by atoms with Crippen molar-refractivity contribution in [2.24, 2.45) is 14.1 Å². The van der Waals surface area contributed by atoms with Gasteiger partial charge in [0.2, 0.25) is 12.7 Å². The van der Waals surface area contributed by atoms with Crippen molar-refractivity contribution in [3.05, 3.63) is 172 Å². The van der Waals surface area contributed by atoms with Crippen LogP contribution >= 0.6 is 0 Å². The molecule has 61 heavy (non-hydrogen) atoms. The number of nitrogens with zero attached hydrogens (tertiary/aromatic N) is 8. The first-order valence-electron chi connectivity index (χ1n) is 20.6. The molecule has 4 aliphatic rings. The van der Waals surface area contributed by atoms with E-state index in [2.05, 4.69) is 164 Å². The first-order valence-corrected chi connectivity index (χ1v) is 20.6. The summed E-state index contributed by atoms with van der Waals surface area (Å²) in [6.07, 6.45) is 26.5. The van der Waals surface area contributed by atoms with Crippen LogP contribution in [-0.4, -0.2) is 24.2 Å². The molecule has 0 unspecified atom stereocenters. The number of allylic oxidation sites excluding steroid dienone is 6. The second-order valence-corrected chi connectivity index (χ2v) is 16.0. The first kappa shape index (κ1) is 40.1. The summed E-state index contributed by atoms with van der Waals surface area (Å²) in [4.78, 5) is 8.19. The van der Waals surface area contributed by atoms with E-state index < -0.39 is 0 Å². The zero-order valence-corrected chi connectivity index (χ0v) is 37.9. The molecule has 0 saturated heterocycles. The van der Waals surface area contributed by atoms with Crippen LogP contribution in [0.3, 0.4) is 0 Å². The van der Waals surface area contributed by atoms with E-state index in [1.807, 2.05) is 32.3 Å². The number of aryl methyl sites for hydroxylation is 3. The summed E-state index contributed by atoms with van der Waals surface area (Å²) < 4.78 is 8.41. The fourth-order valence-corrected chi connectivity index (χ4v) is 9.00. The van der Waals surface area contributed by atoms with E-state index in [4.69, 9.17) is 0 Å². The average molecular weight is 974 g/mol. The van der Waals surface area contributed by atoms with Crippen LogP contribution in [0.5, 0.6) is 0 Å². The fourth-order valence-electron chi connectivity index (χ4n) is 9.00. The molecule has 0 amide bonds. The zero-order chi connectivity index (χ0) is 41.2. The van der Waals surface area contributed by atoms with Crippen LogP contribution in [0.25, 0.3) is 67.7 Å². The standard InChI is InChI=1S/2C22H19N2.C8H7N4.Ir/c2*1-14-15(2)24(13-23(14)3)20-12-10-18-8-7-16-5-4-6-17-9-11-19(20)22(18)21(16)17;1-6-10-8(12-11-6)7-4-2-3-5-9-7;/h2*4,6-7,9-11H,5,8H2,1-3H3;2-5H,1H3;/q3*-1;. The number of pyridine rings is 1. The molecule has 305 valence electrons. The van der Waals surface area contributed by atoms with Crippen LogP contribution in [0, 0.1) is 59.4 Å². The van der Waals surface area contributed by atoms with Gasteiger partial charge in [-0.1, -0.05) is 78.9 Å². The normalized spacial score (nSPS) is 13.8. The summed E-state index contributed by atoms with van der Waals surface area (Å²) >= 11 is 0. The maximum absolute atomic E-state index is 4.10. The zero-order valence-electron chi connectivity index (χ0n) is 35.5. The SMILES string of the molecule is Cc1c(C)[n+](C)[c-]n1-c1[c-]cc2c3c4c(ccc13)C=CCC4=CC2.Cc1c(C)[n+](C)[c-]n1-c1[c-]cc2c3c4c(ccc13)C=CCC4=CC2.Cc1n[n-]c(-c2ccccn2)n1.[Ir]. The molecule has 0 saturated carbocycles. The van der Waals surface area contributed by atoms with Gasteiger partial charge in [0, 0.05) is 54.9 Å². The van der Waals surface area contributed by atoms with Crippen LogP contribution in [0.4, 0.5) is 0 Å². The van der Waals surface area contributed by atoms with E-state index in [1.54, 1.807) is 13.1 Å². The van der Waals surface area contributed by atoms with Crippen LogP contribution < -0.4 is 14.2 Å². The molecule has 8 aromatic rings. The second kappa shape index (κ2) is 16.0. The molecule has 4 aromatic carbocycles. The predicted octanol–water partition coefficient (Wildman–Crippen LogP) is 8.86. The molecule has 0 spiro atoms. The third-order valence-corrected chi connectivity index (χ3v) is 12.6. The van der Waals surface area contributed by atoms with Gasteiger partial charge in [-0.2, -0.15) is 24.3 Å². The van der Waals surface area contributed by atoms with Gasteiger partial charge in [-0.15, -0.1) is 44.8 Å². The van der Waals surface area contributed by atoms with Gasteiger partial charge in [0.1, 0.15) is 0 Å². The molecular formula is C52H45IrN8-3. The number of aromatic nitrogens is 8. The predicted molar refractivity (Wildman–Crippen MR) is 237 cm³/mol. The molecular weight excluding hydrogens is 929 g/mol. The van der Waals surface area contributed by atoms with E-state index >= 15 is 0 Å². The Hall–Kier alpha value is -6.28. The summed E-state index contributed by atoms with van der Waals surface area (Å²) in [6.45, 7) is 10.4. The number of hydrogen-bond acceptors (Lipinski definition) is 3. The second-order valence-electron chi connectivity index (χ2n) is 16.0. The molecule has 0 N–H and O–H groups in total. The molecule has 0 bridgehead atoms. The van der Waals surface area contributed by atoms with Gasteiger partial charge in [0.05, 0.1) is 19.8 Å². The minimum atomic E-state index is 0. The van der Waals surface area contributed by atoms with E-state index in [9.17, 15) is 0 Å². The molecule has 9 heteroatoms. The van der Waals surface area contributed by atoms with E-state index in [0.717, 1.165) is 42.8 Å². The summed E-state index contributed by atoms with van der Waals surface area (Å²) in [5, 5.41) is 13.0. The van der Waals surface area contributed by atoms with Crippen molar-refractivity contribution in [2.45, 2.75) is 60.3 Å². The summed E-state index contributed by atoms with van der Waals surface area (Å²) in [7, 11) is 4.10. The maximum Gasteiger partial charge on any atom is 0.241 e. The van der Waals surface area contributed by atoms with Crippen molar-refractivity contribution >= 4 is 44.8 Å². The molecule has 1 radical (unpaired) electrons. The Balaban J connectivity index is 0.000000123. The number of rotatable bonds is 3. The minimum Gasteiger partial charge on any atom is -0.421 e. The third-order valence-electron chi connectivity index (χ3n) is 12.6. The quantitative estimate of drug-likeness (QED) is 0.131. The molecule has 12 rings (SSSR count). The molecule has 0 fully saturated rings.